The van der Waals surface area contributed by atoms with Gasteiger partial charge in [-0.3, -0.25) is 0 Å². The zero-order valence-corrected chi connectivity index (χ0v) is 8.49. The zero-order valence-electron chi connectivity index (χ0n) is 6.22. The summed E-state index contributed by atoms with van der Waals surface area (Å²) in [7, 11) is 0. The molecule has 1 heterocycles. The Hall–Kier alpha value is 0.110. The second-order valence-electron chi connectivity index (χ2n) is 2.39. The second kappa shape index (κ2) is 3.46. The zero-order chi connectivity index (χ0) is 9.35. The highest BCUT2D eigenvalue weighted by atomic mass is 35.6. The standard InChI is InChI=1S/C7H7Cl3O2/c1-4-2-3-5(12-4)6(11)7(8,9)10/h2-3,6,11H,1H3. The third-order valence-electron chi connectivity index (χ3n) is 1.34. The molecule has 0 radical (unpaired) electrons. The van der Waals surface area contributed by atoms with Crippen LogP contribution in [0.25, 0.3) is 0 Å². The normalized spacial score (nSPS) is 14.8. The van der Waals surface area contributed by atoms with Crippen molar-refractivity contribution in [2.75, 3.05) is 0 Å². The predicted molar refractivity (Wildman–Crippen MR) is 48.7 cm³/mol. The van der Waals surface area contributed by atoms with Crippen LogP contribution in [0.2, 0.25) is 0 Å². The summed E-state index contributed by atoms with van der Waals surface area (Å²) in [5, 5.41) is 9.38. The largest absolute Gasteiger partial charge is 0.463 e. The predicted octanol–water partition coefficient (Wildman–Crippen LogP) is 2.99. The first kappa shape index (κ1) is 10.2. The van der Waals surface area contributed by atoms with Crippen molar-refractivity contribution in [1.82, 2.24) is 0 Å². The van der Waals surface area contributed by atoms with Crippen molar-refractivity contribution in [2.45, 2.75) is 16.8 Å². The average molecular weight is 229 g/mol. The highest BCUT2D eigenvalue weighted by molar-refractivity contribution is 6.67. The van der Waals surface area contributed by atoms with Crippen molar-refractivity contribution >= 4 is 34.8 Å². The lowest BCUT2D eigenvalue weighted by Crippen LogP contribution is -2.15. The molecule has 0 fully saturated rings. The molecule has 1 N–H and O–H groups in total. The molecule has 0 spiro atoms. The average Bonchev–Trinajstić information content (AvgIpc) is 2.32. The van der Waals surface area contributed by atoms with Gasteiger partial charge in [-0.1, -0.05) is 34.8 Å². The van der Waals surface area contributed by atoms with E-state index in [9.17, 15) is 5.11 Å². The van der Waals surface area contributed by atoms with Crippen LogP contribution in [0, 0.1) is 6.92 Å². The van der Waals surface area contributed by atoms with E-state index in [0.29, 0.717) is 5.76 Å². The van der Waals surface area contributed by atoms with E-state index in [-0.39, 0.29) is 5.76 Å². The monoisotopic (exact) mass is 228 g/mol. The van der Waals surface area contributed by atoms with Crippen LogP contribution in [-0.2, 0) is 0 Å². The number of furan rings is 1. The first-order valence-electron chi connectivity index (χ1n) is 3.22. The van der Waals surface area contributed by atoms with Crippen LogP contribution >= 0.6 is 34.8 Å². The Balaban J connectivity index is 2.85. The minimum absolute atomic E-state index is 0.257. The molecule has 1 aromatic rings. The molecule has 12 heavy (non-hydrogen) atoms. The number of halogens is 3. The maximum Gasteiger partial charge on any atom is 0.223 e. The van der Waals surface area contributed by atoms with Crippen LogP contribution in [0.1, 0.15) is 17.6 Å². The quantitative estimate of drug-likeness (QED) is 0.751. The summed E-state index contributed by atoms with van der Waals surface area (Å²) in [4.78, 5) is 0. The molecule has 0 aliphatic rings. The Bertz CT molecular complexity index is 264. The van der Waals surface area contributed by atoms with Gasteiger partial charge in [-0.2, -0.15) is 0 Å². The molecular weight excluding hydrogens is 222 g/mol. The van der Waals surface area contributed by atoms with Gasteiger partial charge in [-0.05, 0) is 19.1 Å². The topological polar surface area (TPSA) is 33.4 Å². The minimum Gasteiger partial charge on any atom is -0.463 e. The molecule has 0 amide bonds. The molecule has 68 valence electrons. The Morgan fingerprint density at radius 3 is 2.33 bits per heavy atom. The number of aryl methyl sites for hydroxylation is 1. The maximum atomic E-state index is 9.38. The molecule has 1 rings (SSSR count). The minimum atomic E-state index is -1.75. The van der Waals surface area contributed by atoms with Crippen LogP contribution in [-0.4, -0.2) is 8.90 Å². The molecular formula is C7H7Cl3O2. The van der Waals surface area contributed by atoms with E-state index in [1.165, 1.54) is 0 Å². The lowest BCUT2D eigenvalue weighted by atomic mass is 10.3. The Morgan fingerprint density at radius 2 is 2.00 bits per heavy atom. The van der Waals surface area contributed by atoms with Crippen molar-refractivity contribution in [3.05, 3.63) is 23.7 Å². The van der Waals surface area contributed by atoms with Gasteiger partial charge in [-0.15, -0.1) is 0 Å². The van der Waals surface area contributed by atoms with Crippen molar-refractivity contribution in [1.29, 1.82) is 0 Å². The number of rotatable bonds is 1. The van der Waals surface area contributed by atoms with E-state index in [0.717, 1.165) is 0 Å². The van der Waals surface area contributed by atoms with Gasteiger partial charge >= 0.3 is 0 Å². The van der Waals surface area contributed by atoms with Gasteiger partial charge in [0.15, 0.2) is 6.10 Å². The van der Waals surface area contributed by atoms with E-state index < -0.39 is 9.90 Å². The van der Waals surface area contributed by atoms with E-state index in [1.807, 2.05) is 0 Å². The van der Waals surface area contributed by atoms with Gasteiger partial charge in [0.05, 0.1) is 0 Å². The SMILES string of the molecule is Cc1ccc(C(O)C(Cl)(Cl)Cl)o1. The second-order valence-corrected chi connectivity index (χ2v) is 4.76. The molecule has 0 aromatic carbocycles. The molecule has 1 aromatic heterocycles. The van der Waals surface area contributed by atoms with Gasteiger partial charge in [0, 0.05) is 0 Å². The molecule has 0 saturated carbocycles. The van der Waals surface area contributed by atoms with Crippen LogP contribution in [0.5, 0.6) is 0 Å². The van der Waals surface area contributed by atoms with Crippen molar-refractivity contribution < 1.29 is 9.52 Å². The van der Waals surface area contributed by atoms with E-state index in [2.05, 4.69) is 0 Å². The summed E-state index contributed by atoms with van der Waals surface area (Å²) < 4.78 is 3.32. The Morgan fingerprint density at radius 1 is 1.42 bits per heavy atom. The first-order valence-corrected chi connectivity index (χ1v) is 4.36. The van der Waals surface area contributed by atoms with Crippen molar-refractivity contribution in [3.63, 3.8) is 0 Å². The van der Waals surface area contributed by atoms with Gasteiger partial charge < -0.3 is 9.52 Å². The molecule has 0 saturated heterocycles. The molecule has 0 aliphatic heterocycles. The van der Waals surface area contributed by atoms with E-state index in [1.54, 1.807) is 19.1 Å². The fourth-order valence-electron chi connectivity index (χ4n) is 0.762. The number of hydrogen-bond acceptors (Lipinski definition) is 2. The number of aliphatic hydroxyl groups excluding tert-OH is 1. The highest BCUT2D eigenvalue weighted by Gasteiger charge is 2.34. The Kier molecular flexibility index (Phi) is 2.94. The highest BCUT2D eigenvalue weighted by Crippen LogP contribution is 2.39. The van der Waals surface area contributed by atoms with Gasteiger partial charge in [0.25, 0.3) is 0 Å². The molecule has 0 bridgehead atoms. The summed E-state index contributed by atoms with van der Waals surface area (Å²) in [6, 6.07) is 3.26. The molecule has 5 heteroatoms. The van der Waals surface area contributed by atoms with Crippen LogP contribution in [0.3, 0.4) is 0 Å². The molecule has 2 nitrogen and oxygen atoms in total. The van der Waals surface area contributed by atoms with Crippen LogP contribution < -0.4 is 0 Å². The number of hydrogen-bond donors (Lipinski definition) is 1. The fourth-order valence-corrected chi connectivity index (χ4v) is 1.08. The molecule has 1 atom stereocenters. The van der Waals surface area contributed by atoms with Crippen molar-refractivity contribution in [3.8, 4) is 0 Å². The lowest BCUT2D eigenvalue weighted by Gasteiger charge is -2.15. The van der Waals surface area contributed by atoms with Crippen LogP contribution in [0.15, 0.2) is 16.5 Å². The first-order chi connectivity index (χ1) is 5.41. The van der Waals surface area contributed by atoms with Crippen LogP contribution in [0.4, 0.5) is 0 Å². The lowest BCUT2D eigenvalue weighted by molar-refractivity contribution is 0.152. The summed E-state index contributed by atoms with van der Waals surface area (Å²) in [6.07, 6.45) is -1.23. The summed E-state index contributed by atoms with van der Waals surface area (Å²) in [6.45, 7) is 1.74. The van der Waals surface area contributed by atoms with Gasteiger partial charge in [-0.25, -0.2) is 0 Å². The summed E-state index contributed by atoms with van der Waals surface area (Å²) in [5.74, 6) is 0.922. The van der Waals surface area contributed by atoms with Gasteiger partial charge in [0.1, 0.15) is 11.5 Å². The summed E-state index contributed by atoms with van der Waals surface area (Å²) >= 11 is 16.3. The van der Waals surface area contributed by atoms with E-state index in [4.69, 9.17) is 39.2 Å². The third kappa shape index (κ3) is 2.30. The Labute approximate surface area is 85.0 Å². The number of alkyl halides is 3. The third-order valence-corrected chi connectivity index (χ3v) is 1.96. The van der Waals surface area contributed by atoms with E-state index >= 15 is 0 Å². The summed E-state index contributed by atoms with van der Waals surface area (Å²) in [5.41, 5.74) is 0. The smallest absolute Gasteiger partial charge is 0.223 e. The molecule has 0 aliphatic carbocycles. The molecule has 1 unspecified atom stereocenters. The van der Waals surface area contributed by atoms with Crippen molar-refractivity contribution in [2.24, 2.45) is 0 Å². The maximum absolute atomic E-state index is 9.38. The fraction of sp³-hybridized carbons (Fsp3) is 0.429. The van der Waals surface area contributed by atoms with Gasteiger partial charge in [0.2, 0.25) is 3.79 Å². The number of aliphatic hydroxyl groups is 1.